The molecule has 4 heterocycles. The van der Waals surface area contributed by atoms with Gasteiger partial charge < -0.3 is 20.7 Å². The Morgan fingerprint density at radius 2 is 1.97 bits per heavy atom. The molecule has 2 aliphatic rings. The Kier molecular flexibility index (Phi) is 5.22. The van der Waals surface area contributed by atoms with Crippen molar-refractivity contribution in [3.8, 4) is 0 Å². The highest BCUT2D eigenvalue weighted by Crippen LogP contribution is 2.35. The minimum absolute atomic E-state index is 0.152. The molecule has 1 saturated heterocycles. The first kappa shape index (κ1) is 20.4. The summed E-state index contributed by atoms with van der Waals surface area (Å²) < 4.78 is 5.45. The van der Waals surface area contributed by atoms with Crippen molar-refractivity contribution >= 4 is 34.1 Å². The summed E-state index contributed by atoms with van der Waals surface area (Å²) >= 11 is 0. The van der Waals surface area contributed by atoms with E-state index in [4.69, 9.17) is 10.5 Å². The van der Waals surface area contributed by atoms with Gasteiger partial charge in [0.25, 0.3) is 0 Å². The number of amides is 2. The summed E-state index contributed by atoms with van der Waals surface area (Å²) in [5.41, 5.74) is 8.96. The van der Waals surface area contributed by atoms with Crippen molar-refractivity contribution < 1.29 is 14.3 Å². The zero-order chi connectivity index (χ0) is 22.2. The molecule has 2 unspecified atom stereocenters. The molecule has 8 nitrogen and oxygen atoms in total. The van der Waals surface area contributed by atoms with Gasteiger partial charge in [0.1, 0.15) is 5.82 Å². The first-order valence-corrected chi connectivity index (χ1v) is 10.8. The van der Waals surface area contributed by atoms with Gasteiger partial charge in [-0.2, -0.15) is 0 Å². The monoisotopic (exact) mass is 431 g/mol. The molecule has 0 spiro atoms. The molecule has 1 aromatic carbocycles. The van der Waals surface area contributed by atoms with Crippen LogP contribution in [0.2, 0.25) is 0 Å². The summed E-state index contributed by atoms with van der Waals surface area (Å²) in [6.07, 6.45) is 6.87. The van der Waals surface area contributed by atoms with Crippen LogP contribution in [0.5, 0.6) is 0 Å². The summed E-state index contributed by atoms with van der Waals surface area (Å²) in [5.74, 6) is -0.502. The summed E-state index contributed by atoms with van der Waals surface area (Å²) in [5, 5.41) is 4.86. The van der Waals surface area contributed by atoms with Crippen molar-refractivity contribution in [2.75, 3.05) is 17.6 Å². The minimum Gasteiger partial charge on any atom is -0.383 e. The number of pyridine rings is 2. The molecule has 0 radical (unpaired) electrons. The lowest BCUT2D eigenvalue weighted by molar-refractivity contribution is -0.146. The molecule has 3 N–H and O–H groups in total. The van der Waals surface area contributed by atoms with Crippen LogP contribution in [0.4, 0.5) is 11.5 Å². The van der Waals surface area contributed by atoms with Gasteiger partial charge in [0, 0.05) is 35.5 Å². The smallest absolute Gasteiger partial charge is 0.313 e. The third kappa shape index (κ3) is 3.67. The molecule has 0 saturated carbocycles. The third-order valence-electron chi connectivity index (χ3n) is 6.39. The molecule has 3 aromatic rings. The zero-order valence-electron chi connectivity index (χ0n) is 17.9. The molecule has 2 aliphatic heterocycles. The Morgan fingerprint density at radius 3 is 2.84 bits per heavy atom. The predicted molar refractivity (Wildman–Crippen MR) is 120 cm³/mol. The number of nitrogen functional groups attached to an aromatic ring is 1. The van der Waals surface area contributed by atoms with E-state index < -0.39 is 11.8 Å². The largest absolute Gasteiger partial charge is 0.383 e. The highest BCUT2D eigenvalue weighted by atomic mass is 16.5. The molecule has 164 valence electrons. The van der Waals surface area contributed by atoms with Gasteiger partial charge in [-0.1, -0.05) is 19.1 Å². The molecule has 5 rings (SSSR count). The second kappa shape index (κ2) is 8.20. The van der Waals surface area contributed by atoms with E-state index >= 15 is 0 Å². The topological polar surface area (TPSA) is 110 Å². The number of nitrogens with one attached hydrogen (secondary N) is 1. The van der Waals surface area contributed by atoms with Crippen LogP contribution >= 0.6 is 0 Å². The third-order valence-corrected chi connectivity index (χ3v) is 6.39. The summed E-state index contributed by atoms with van der Waals surface area (Å²) in [7, 11) is 0. The lowest BCUT2D eigenvalue weighted by atomic mass is 9.89. The van der Waals surface area contributed by atoms with E-state index in [1.54, 1.807) is 11.1 Å². The number of carbonyl (C=O) groups is 2. The lowest BCUT2D eigenvalue weighted by Crippen LogP contribution is -2.46. The molecule has 2 aromatic heterocycles. The number of rotatable bonds is 2. The molecule has 0 bridgehead atoms. The first-order chi connectivity index (χ1) is 15.5. The van der Waals surface area contributed by atoms with E-state index in [1.165, 1.54) is 6.20 Å². The normalized spacial score (nSPS) is 20.2. The SMILES string of the molecule is CC1CCC(c2ccc3cnccc3c2)N(C(=O)C(=O)Nc2cnc(N)c3c2COC3)C1. The molecule has 8 heteroatoms. The van der Waals surface area contributed by atoms with Gasteiger partial charge in [0.15, 0.2) is 0 Å². The number of benzene rings is 1. The minimum atomic E-state index is -0.672. The van der Waals surface area contributed by atoms with Crippen LogP contribution in [-0.4, -0.2) is 33.2 Å². The van der Waals surface area contributed by atoms with E-state index in [-0.39, 0.29) is 6.04 Å². The Morgan fingerprint density at radius 1 is 1.12 bits per heavy atom. The van der Waals surface area contributed by atoms with Crippen molar-refractivity contribution in [3.05, 3.63) is 59.5 Å². The summed E-state index contributed by atoms with van der Waals surface area (Å²) in [6, 6.07) is 7.93. The maximum Gasteiger partial charge on any atom is 0.313 e. The average molecular weight is 431 g/mol. The Bertz CT molecular complexity index is 1210. The number of ether oxygens (including phenoxy) is 1. The van der Waals surface area contributed by atoms with E-state index in [0.29, 0.717) is 37.2 Å². The number of nitrogens with two attached hydrogens (primary N) is 1. The van der Waals surface area contributed by atoms with Crippen LogP contribution in [0.15, 0.2) is 42.9 Å². The maximum absolute atomic E-state index is 13.3. The second-order valence-electron chi connectivity index (χ2n) is 8.60. The second-order valence-corrected chi connectivity index (χ2v) is 8.60. The van der Waals surface area contributed by atoms with E-state index in [9.17, 15) is 9.59 Å². The number of hydrogen-bond donors (Lipinski definition) is 2. The molecule has 32 heavy (non-hydrogen) atoms. The number of piperidine rings is 1. The number of carbonyl (C=O) groups excluding carboxylic acids is 2. The fourth-order valence-corrected chi connectivity index (χ4v) is 4.63. The van der Waals surface area contributed by atoms with Crippen LogP contribution in [0.25, 0.3) is 10.8 Å². The quantitative estimate of drug-likeness (QED) is 0.603. The van der Waals surface area contributed by atoms with Gasteiger partial charge in [-0.05, 0) is 41.8 Å². The van der Waals surface area contributed by atoms with Crippen molar-refractivity contribution in [3.63, 3.8) is 0 Å². The highest BCUT2D eigenvalue weighted by molar-refractivity contribution is 6.39. The van der Waals surface area contributed by atoms with Gasteiger partial charge in [-0.3, -0.25) is 14.6 Å². The van der Waals surface area contributed by atoms with Gasteiger partial charge in [0.05, 0.1) is 31.1 Å². The molecule has 0 aliphatic carbocycles. The molecular weight excluding hydrogens is 406 g/mol. The average Bonchev–Trinajstić information content (AvgIpc) is 3.31. The van der Waals surface area contributed by atoms with Gasteiger partial charge in [-0.15, -0.1) is 0 Å². The Balaban J connectivity index is 1.41. The fourth-order valence-electron chi connectivity index (χ4n) is 4.63. The number of hydrogen-bond acceptors (Lipinski definition) is 6. The number of aromatic nitrogens is 2. The van der Waals surface area contributed by atoms with E-state index in [1.807, 2.05) is 24.4 Å². The maximum atomic E-state index is 13.3. The lowest BCUT2D eigenvalue weighted by Gasteiger charge is -2.38. The van der Waals surface area contributed by atoms with Crippen LogP contribution < -0.4 is 11.1 Å². The van der Waals surface area contributed by atoms with Crippen molar-refractivity contribution in [1.82, 2.24) is 14.9 Å². The molecule has 1 fully saturated rings. The number of likely N-dealkylation sites (tertiary alicyclic amines) is 1. The predicted octanol–water partition coefficient (Wildman–Crippen LogP) is 3.18. The van der Waals surface area contributed by atoms with Crippen LogP contribution in [0.3, 0.4) is 0 Å². The number of anilines is 2. The highest BCUT2D eigenvalue weighted by Gasteiger charge is 2.35. The van der Waals surface area contributed by atoms with E-state index in [2.05, 4.69) is 28.3 Å². The Hall–Kier alpha value is -3.52. The van der Waals surface area contributed by atoms with Gasteiger partial charge >= 0.3 is 11.8 Å². The standard InChI is InChI=1S/C24H25N5O3/c1-14-2-5-21(16-3-4-17-9-26-7-6-15(17)8-16)29(11-14)24(31)23(30)28-20-10-27-22(25)19-13-32-12-18(19)20/h3-4,6-10,14,21H,2,5,11-13H2,1H3,(H2,25,27)(H,28,30). The van der Waals surface area contributed by atoms with E-state index in [0.717, 1.165) is 40.3 Å². The van der Waals surface area contributed by atoms with Gasteiger partial charge in [-0.25, -0.2) is 4.98 Å². The van der Waals surface area contributed by atoms with Crippen LogP contribution in [-0.2, 0) is 27.5 Å². The molecule has 2 amide bonds. The van der Waals surface area contributed by atoms with Crippen molar-refractivity contribution in [1.29, 1.82) is 0 Å². The number of nitrogens with zero attached hydrogens (tertiary/aromatic N) is 3. The van der Waals surface area contributed by atoms with Crippen molar-refractivity contribution in [2.24, 2.45) is 5.92 Å². The van der Waals surface area contributed by atoms with Crippen LogP contribution in [0.1, 0.15) is 42.5 Å². The summed E-state index contributed by atoms with van der Waals surface area (Å²) in [4.78, 5) is 36.3. The zero-order valence-corrected chi connectivity index (χ0v) is 17.9. The summed E-state index contributed by atoms with van der Waals surface area (Å²) in [6.45, 7) is 3.33. The molecular formula is C24H25N5O3. The van der Waals surface area contributed by atoms with Crippen LogP contribution in [0, 0.1) is 5.92 Å². The Labute approximate surface area is 185 Å². The number of fused-ring (bicyclic) bond motifs is 2. The van der Waals surface area contributed by atoms with Crippen molar-refractivity contribution in [2.45, 2.75) is 39.0 Å². The fraction of sp³-hybridized carbons (Fsp3) is 0.333. The van der Waals surface area contributed by atoms with Gasteiger partial charge in [0.2, 0.25) is 0 Å². The first-order valence-electron chi connectivity index (χ1n) is 10.8. The molecule has 2 atom stereocenters.